The first-order chi connectivity index (χ1) is 18.0. The van der Waals surface area contributed by atoms with Gasteiger partial charge in [0.25, 0.3) is 5.91 Å². The topological polar surface area (TPSA) is 87.2 Å². The Balaban J connectivity index is 1.88. The Hall–Kier alpha value is -1.81. The molecule has 38 heavy (non-hydrogen) atoms. The smallest absolute Gasteiger partial charge is 0.311 e. The summed E-state index contributed by atoms with van der Waals surface area (Å²) in [5, 5.41) is 10.6. The summed E-state index contributed by atoms with van der Waals surface area (Å²) in [7, 11) is 0. The van der Waals surface area contributed by atoms with Crippen LogP contribution in [0.15, 0.2) is 43.5 Å². The second kappa shape index (κ2) is 11.4. The third-order valence-electron chi connectivity index (χ3n) is 7.93. The molecule has 1 N–H and O–H groups in total. The predicted molar refractivity (Wildman–Crippen MR) is 155 cm³/mol. The van der Waals surface area contributed by atoms with Crippen LogP contribution in [-0.2, 0) is 19.1 Å². The first kappa shape index (κ1) is 29.2. The molecule has 3 unspecified atom stereocenters. The molecule has 0 aromatic heterocycles. The van der Waals surface area contributed by atoms with Gasteiger partial charge in [-0.1, -0.05) is 72.2 Å². The molecule has 3 aliphatic rings. The van der Waals surface area contributed by atoms with Crippen molar-refractivity contribution in [2.24, 2.45) is 17.8 Å². The summed E-state index contributed by atoms with van der Waals surface area (Å²) in [5.74, 6) is -2.65. The second-order valence-corrected chi connectivity index (χ2v) is 13.6. The number of nitrogens with zero attached hydrogens (tertiary/aromatic N) is 2. The summed E-state index contributed by atoms with van der Waals surface area (Å²) in [6.07, 6.45) is 3.65. The van der Waals surface area contributed by atoms with E-state index in [0.717, 1.165) is 5.56 Å². The number of hydrogen-bond donors (Lipinski definition) is 1. The number of carbonyl (C=O) groups excluding carboxylic acids is 3. The number of amides is 2. The maximum absolute atomic E-state index is 14.7. The first-order valence-corrected chi connectivity index (χ1v) is 14.9. The lowest BCUT2D eigenvalue weighted by Gasteiger charge is -2.41. The van der Waals surface area contributed by atoms with Gasteiger partial charge in [-0.05, 0) is 30.9 Å². The molecule has 1 spiro atoms. The van der Waals surface area contributed by atoms with Crippen molar-refractivity contribution in [3.8, 4) is 0 Å². The number of esters is 1. The van der Waals surface area contributed by atoms with Crippen LogP contribution in [0.3, 0.4) is 0 Å². The van der Waals surface area contributed by atoms with Crippen molar-refractivity contribution >= 4 is 62.8 Å². The lowest BCUT2D eigenvalue weighted by molar-refractivity contribution is -0.153. The SMILES string of the molecule is C=CCOC(=O)[C@H]1[C@@H]2SC3(CC2Br)C(C(=O)N(CC=C)c2c(C)cccc2Cl)N([C@@H](CO)C(C)C)C(=O)[C@H]13. The van der Waals surface area contributed by atoms with E-state index in [1.165, 1.54) is 17.8 Å². The van der Waals surface area contributed by atoms with Crippen molar-refractivity contribution in [2.45, 2.75) is 54.1 Å². The molecule has 1 aromatic rings. The lowest BCUT2D eigenvalue weighted by Crippen LogP contribution is -2.59. The van der Waals surface area contributed by atoms with Crippen LogP contribution in [-0.4, -0.2) is 74.5 Å². The third kappa shape index (κ3) is 4.53. The Morgan fingerprint density at radius 2 is 2.08 bits per heavy atom. The van der Waals surface area contributed by atoms with E-state index in [4.69, 9.17) is 16.3 Å². The van der Waals surface area contributed by atoms with Crippen LogP contribution in [0.2, 0.25) is 5.02 Å². The Bertz CT molecular complexity index is 1130. The number of para-hydroxylation sites is 1. The summed E-state index contributed by atoms with van der Waals surface area (Å²) in [5.41, 5.74) is 1.37. The summed E-state index contributed by atoms with van der Waals surface area (Å²) in [6, 6.07) is 3.91. The quantitative estimate of drug-likeness (QED) is 0.236. The van der Waals surface area contributed by atoms with Crippen molar-refractivity contribution in [1.29, 1.82) is 0 Å². The highest BCUT2D eigenvalue weighted by Crippen LogP contribution is 2.68. The fourth-order valence-corrected chi connectivity index (χ4v) is 10.3. The van der Waals surface area contributed by atoms with Gasteiger partial charge in [-0.3, -0.25) is 14.4 Å². The predicted octanol–water partition coefficient (Wildman–Crippen LogP) is 4.38. The zero-order valence-corrected chi connectivity index (χ0v) is 25.0. The van der Waals surface area contributed by atoms with Gasteiger partial charge < -0.3 is 19.6 Å². The maximum atomic E-state index is 14.7. The highest BCUT2D eigenvalue weighted by Gasteiger charge is 2.76. The summed E-state index contributed by atoms with van der Waals surface area (Å²) in [4.78, 5) is 45.3. The van der Waals surface area contributed by atoms with E-state index in [0.29, 0.717) is 17.1 Å². The number of aliphatic hydroxyl groups excluding tert-OH is 1. The van der Waals surface area contributed by atoms with Crippen LogP contribution < -0.4 is 4.90 Å². The van der Waals surface area contributed by atoms with Gasteiger partial charge in [0.15, 0.2) is 0 Å². The molecule has 2 bridgehead atoms. The molecule has 4 rings (SSSR count). The molecule has 0 radical (unpaired) electrons. The number of alkyl halides is 1. The summed E-state index contributed by atoms with van der Waals surface area (Å²) < 4.78 is 4.57. The van der Waals surface area contributed by atoms with Crippen LogP contribution in [0.25, 0.3) is 0 Å². The van der Waals surface area contributed by atoms with Crippen LogP contribution >= 0.6 is 39.3 Å². The number of aliphatic hydroxyl groups is 1. The van der Waals surface area contributed by atoms with Gasteiger partial charge in [-0.15, -0.1) is 18.3 Å². The van der Waals surface area contributed by atoms with Crippen molar-refractivity contribution in [3.05, 3.63) is 54.1 Å². The molecule has 1 aromatic carbocycles. The largest absolute Gasteiger partial charge is 0.461 e. The van der Waals surface area contributed by atoms with Gasteiger partial charge in [0.1, 0.15) is 12.6 Å². The van der Waals surface area contributed by atoms with Crippen molar-refractivity contribution in [3.63, 3.8) is 0 Å². The minimum Gasteiger partial charge on any atom is -0.461 e. The number of carbonyl (C=O) groups is 3. The normalized spacial score (nSPS) is 30.3. The Kier molecular flexibility index (Phi) is 8.72. The molecule has 0 saturated carbocycles. The number of anilines is 1. The second-order valence-electron chi connectivity index (χ2n) is 10.5. The molecule has 206 valence electrons. The molecule has 7 nitrogen and oxygen atoms in total. The Morgan fingerprint density at radius 1 is 1.37 bits per heavy atom. The van der Waals surface area contributed by atoms with E-state index in [1.54, 1.807) is 21.9 Å². The molecular formula is C28H34BrClN2O5S. The average Bonchev–Trinajstić information content (AvgIpc) is 3.45. The molecule has 0 aliphatic carbocycles. The van der Waals surface area contributed by atoms with E-state index in [1.807, 2.05) is 32.9 Å². The molecule has 2 amide bonds. The number of fused-ring (bicyclic) bond motifs is 1. The highest BCUT2D eigenvalue weighted by molar-refractivity contribution is 9.09. The van der Waals surface area contributed by atoms with E-state index in [9.17, 15) is 19.5 Å². The summed E-state index contributed by atoms with van der Waals surface area (Å²) >= 11 is 11.9. The third-order valence-corrected chi connectivity index (χ3v) is 11.5. The van der Waals surface area contributed by atoms with Crippen LogP contribution in [0.1, 0.15) is 25.8 Å². The number of benzene rings is 1. The fraction of sp³-hybridized carbons (Fsp3) is 0.536. The van der Waals surface area contributed by atoms with Crippen molar-refractivity contribution in [1.82, 2.24) is 4.90 Å². The molecule has 3 heterocycles. The number of likely N-dealkylation sites (tertiary alicyclic amines) is 1. The van der Waals surface area contributed by atoms with Crippen LogP contribution in [0.4, 0.5) is 5.69 Å². The highest BCUT2D eigenvalue weighted by atomic mass is 79.9. The molecular weight excluding hydrogens is 592 g/mol. The maximum Gasteiger partial charge on any atom is 0.311 e. The van der Waals surface area contributed by atoms with Gasteiger partial charge in [0, 0.05) is 16.6 Å². The van der Waals surface area contributed by atoms with Gasteiger partial charge in [-0.25, -0.2) is 0 Å². The molecule has 3 fully saturated rings. The molecule has 10 heteroatoms. The Morgan fingerprint density at radius 3 is 2.66 bits per heavy atom. The molecule has 3 saturated heterocycles. The zero-order chi connectivity index (χ0) is 27.9. The number of aryl methyl sites for hydroxylation is 1. The number of thioether (sulfide) groups is 1. The number of hydrogen-bond acceptors (Lipinski definition) is 6. The fourth-order valence-electron chi connectivity index (χ4n) is 6.36. The first-order valence-electron chi connectivity index (χ1n) is 12.8. The number of ether oxygens (including phenoxy) is 1. The van der Waals surface area contributed by atoms with Crippen LogP contribution in [0, 0.1) is 24.7 Å². The minimum atomic E-state index is -0.914. The van der Waals surface area contributed by atoms with E-state index in [2.05, 4.69) is 29.1 Å². The van der Waals surface area contributed by atoms with Gasteiger partial charge >= 0.3 is 5.97 Å². The Labute approximate surface area is 241 Å². The van der Waals surface area contributed by atoms with Crippen molar-refractivity contribution < 1.29 is 24.2 Å². The van der Waals surface area contributed by atoms with Crippen molar-refractivity contribution in [2.75, 3.05) is 24.7 Å². The van der Waals surface area contributed by atoms with Gasteiger partial charge in [0.05, 0.1) is 39.9 Å². The standard InChI is InChI=1S/C28H34BrClN2O5S/c1-6-11-31(22-16(5)9-8-10-18(22)30)26(35)24-28-13-17(29)23(38-28)20(27(36)37-12-7-2)21(28)25(34)32(24)19(14-33)15(3)4/h6-10,15,17,19-21,23-24,33H,1-2,11-14H2,3-5H3/t17?,19-,20+,21-,23+,24?,28?/m0/s1. The summed E-state index contributed by atoms with van der Waals surface area (Å²) in [6.45, 7) is 13.1. The number of rotatable bonds is 10. The molecule has 3 aliphatic heterocycles. The van der Waals surface area contributed by atoms with E-state index < -0.39 is 34.6 Å². The lowest BCUT2D eigenvalue weighted by atomic mass is 9.71. The van der Waals surface area contributed by atoms with E-state index >= 15 is 0 Å². The van der Waals surface area contributed by atoms with E-state index in [-0.39, 0.29) is 47.6 Å². The zero-order valence-electron chi connectivity index (χ0n) is 21.8. The average molecular weight is 626 g/mol. The van der Waals surface area contributed by atoms with Crippen LogP contribution in [0.5, 0.6) is 0 Å². The number of halogens is 2. The minimum absolute atomic E-state index is 0.0454. The van der Waals surface area contributed by atoms with Gasteiger partial charge in [-0.2, -0.15) is 0 Å². The monoisotopic (exact) mass is 624 g/mol. The molecule has 7 atom stereocenters. The van der Waals surface area contributed by atoms with Gasteiger partial charge in [0.2, 0.25) is 5.91 Å².